The molecule has 1 saturated carbocycles. The average Bonchev–Trinajstić information content (AvgIpc) is 2.48. The van der Waals surface area contributed by atoms with E-state index in [0.717, 1.165) is 13.1 Å². The van der Waals surface area contributed by atoms with Gasteiger partial charge in [0.1, 0.15) is 5.60 Å². The molecular weight excluding hydrogens is 216 g/mol. The third-order valence-electron chi connectivity index (χ3n) is 4.07. The third-order valence-corrected chi connectivity index (χ3v) is 4.07. The zero-order valence-corrected chi connectivity index (χ0v) is 11.5. The predicted molar refractivity (Wildman–Crippen MR) is 66.5 cm³/mol. The molecule has 4 nitrogen and oxygen atoms in total. The normalized spacial score (nSPS) is 32.0. The van der Waals surface area contributed by atoms with Crippen molar-refractivity contribution in [2.24, 2.45) is 23.0 Å². The summed E-state index contributed by atoms with van der Waals surface area (Å²) in [4.78, 5) is 13.5. The van der Waals surface area contributed by atoms with Gasteiger partial charge in [0, 0.05) is 19.1 Å². The molecule has 1 aliphatic carbocycles. The lowest BCUT2D eigenvalue weighted by Gasteiger charge is -2.40. The van der Waals surface area contributed by atoms with E-state index < -0.39 is 5.60 Å². The van der Waals surface area contributed by atoms with Crippen LogP contribution in [0.2, 0.25) is 0 Å². The number of nitrogens with two attached hydrogens (primary N) is 1. The number of likely N-dealkylation sites (tertiary alicyclic amines) is 1. The van der Waals surface area contributed by atoms with Gasteiger partial charge in [-0.3, -0.25) is 0 Å². The summed E-state index contributed by atoms with van der Waals surface area (Å²) in [6.07, 6.45) is -0.194. The van der Waals surface area contributed by atoms with Crippen LogP contribution in [0, 0.1) is 17.3 Å². The molecule has 4 heteroatoms. The van der Waals surface area contributed by atoms with Crippen molar-refractivity contribution >= 4 is 6.09 Å². The van der Waals surface area contributed by atoms with Crippen molar-refractivity contribution < 1.29 is 9.53 Å². The van der Waals surface area contributed by atoms with Crippen LogP contribution in [-0.4, -0.2) is 35.7 Å². The first-order chi connectivity index (χ1) is 7.63. The molecule has 1 amide bonds. The Kier molecular flexibility index (Phi) is 2.69. The second kappa shape index (κ2) is 3.61. The van der Waals surface area contributed by atoms with Crippen molar-refractivity contribution in [2.45, 2.75) is 46.3 Å². The molecule has 0 aromatic heterocycles. The predicted octanol–water partition coefficient (Wildman–Crippen LogP) is 1.84. The molecule has 0 aromatic rings. The van der Waals surface area contributed by atoms with E-state index in [-0.39, 0.29) is 11.5 Å². The summed E-state index contributed by atoms with van der Waals surface area (Å²) in [5.41, 5.74) is 5.89. The van der Waals surface area contributed by atoms with E-state index in [9.17, 15) is 4.79 Å². The quantitative estimate of drug-likeness (QED) is 0.761. The molecule has 2 aliphatic rings. The minimum atomic E-state index is -0.405. The molecule has 0 unspecified atom stereocenters. The van der Waals surface area contributed by atoms with Crippen molar-refractivity contribution in [3.63, 3.8) is 0 Å². The Morgan fingerprint density at radius 1 is 1.35 bits per heavy atom. The van der Waals surface area contributed by atoms with E-state index in [2.05, 4.69) is 13.8 Å². The molecule has 2 rings (SSSR count). The summed E-state index contributed by atoms with van der Waals surface area (Å²) >= 11 is 0. The van der Waals surface area contributed by atoms with E-state index in [1.165, 1.54) is 0 Å². The molecule has 1 heterocycles. The SMILES string of the molecule is CC(C)(C)OC(=O)N1CC([C@@H]2[C@@H](N)C2(C)C)C1. The van der Waals surface area contributed by atoms with Crippen LogP contribution in [0.3, 0.4) is 0 Å². The second-order valence-corrected chi connectivity index (χ2v) is 7.02. The van der Waals surface area contributed by atoms with E-state index >= 15 is 0 Å². The van der Waals surface area contributed by atoms with Gasteiger partial charge in [-0.2, -0.15) is 0 Å². The molecule has 2 atom stereocenters. The molecular formula is C13H24N2O2. The van der Waals surface area contributed by atoms with E-state index in [1.54, 1.807) is 4.90 Å². The van der Waals surface area contributed by atoms with E-state index in [0.29, 0.717) is 17.9 Å². The Balaban J connectivity index is 1.78. The van der Waals surface area contributed by atoms with Crippen molar-refractivity contribution in [3.8, 4) is 0 Å². The van der Waals surface area contributed by atoms with Crippen LogP contribution in [0.25, 0.3) is 0 Å². The standard InChI is InChI=1S/C13H24N2O2/c1-12(2,3)17-11(16)15-6-8(7-15)9-10(14)13(9,4)5/h8-10H,6-7,14H2,1-5H3/t9-,10-/m1/s1. The van der Waals surface area contributed by atoms with Crippen molar-refractivity contribution in [1.29, 1.82) is 0 Å². The number of carbonyl (C=O) groups is 1. The molecule has 0 radical (unpaired) electrons. The van der Waals surface area contributed by atoms with Crippen LogP contribution in [0.1, 0.15) is 34.6 Å². The highest BCUT2D eigenvalue weighted by Crippen LogP contribution is 2.56. The fourth-order valence-corrected chi connectivity index (χ4v) is 2.83. The summed E-state index contributed by atoms with van der Waals surface area (Å²) in [6, 6.07) is 0.299. The monoisotopic (exact) mass is 240 g/mol. The van der Waals surface area contributed by atoms with E-state index in [4.69, 9.17) is 10.5 Å². The lowest BCUT2D eigenvalue weighted by molar-refractivity contribution is -0.00622. The molecule has 0 spiro atoms. The molecule has 98 valence electrons. The van der Waals surface area contributed by atoms with Gasteiger partial charge in [-0.05, 0) is 38.0 Å². The first-order valence-electron chi connectivity index (χ1n) is 6.36. The van der Waals surface area contributed by atoms with Crippen molar-refractivity contribution in [2.75, 3.05) is 13.1 Å². The molecule has 1 aliphatic heterocycles. The van der Waals surface area contributed by atoms with Crippen molar-refractivity contribution in [3.05, 3.63) is 0 Å². The number of hydrogen-bond donors (Lipinski definition) is 1. The van der Waals surface area contributed by atoms with E-state index in [1.807, 2.05) is 20.8 Å². The highest BCUT2D eigenvalue weighted by Gasteiger charge is 2.61. The Hall–Kier alpha value is -0.770. The Morgan fingerprint density at radius 3 is 2.18 bits per heavy atom. The fraction of sp³-hybridized carbons (Fsp3) is 0.923. The zero-order chi connectivity index (χ0) is 13.0. The second-order valence-electron chi connectivity index (χ2n) is 7.02. The highest BCUT2D eigenvalue weighted by atomic mass is 16.6. The van der Waals surface area contributed by atoms with Crippen LogP contribution in [0.15, 0.2) is 0 Å². The van der Waals surface area contributed by atoms with Crippen LogP contribution < -0.4 is 5.73 Å². The fourth-order valence-electron chi connectivity index (χ4n) is 2.83. The maximum atomic E-state index is 11.7. The molecule has 1 saturated heterocycles. The van der Waals surface area contributed by atoms with Gasteiger partial charge in [-0.15, -0.1) is 0 Å². The topological polar surface area (TPSA) is 55.6 Å². The molecule has 0 aromatic carbocycles. The van der Waals surface area contributed by atoms with Gasteiger partial charge in [-0.1, -0.05) is 13.8 Å². The minimum Gasteiger partial charge on any atom is -0.444 e. The number of hydrogen-bond acceptors (Lipinski definition) is 3. The third kappa shape index (κ3) is 2.28. The van der Waals surface area contributed by atoms with Gasteiger partial charge in [0.2, 0.25) is 0 Å². The van der Waals surface area contributed by atoms with Crippen LogP contribution in [0.5, 0.6) is 0 Å². The first kappa shape index (κ1) is 12.7. The molecule has 17 heavy (non-hydrogen) atoms. The summed E-state index contributed by atoms with van der Waals surface area (Å²) in [6.45, 7) is 11.7. The number of carbonyl (C=O) groups excluding carboxylic acids is 1. The van der Waals surface area contributed by atoms with Gasteiger partial charge in [0.25, 0.3) is 0 Å². The Morgan fingerprint density at radius 2 is 1.82 bits per heavy atom. The molecule has 2 fully saturated rings. The summed E-state index contributed by atoms with van der Waals surface area (Å²) in [7, 11) is 0. The number of nitrogens with zero attached hydrogens (tertiary/aromatic N) is 1. The maximum absolute atomic E-state index is 11.7. The van der Waals surface area contributed by atoms with Gasteiger partial charge >= 0.3 is 6.09 Å². The lowest BCUT2D eigenvalue weighted by Crippen LogP contribution is -2.53. The van der Waals surface area contributed by atoms with Gasteiger partial charge in [0.15, 0.2) is 0 Å². The summed E-state index contributed by atoms with van der Waals surface area (Å²) in [5.74, 6) is 1.13. The zero-order valence-electron chi connectivity index (χ0n) is 11.5. The van der Waals surface area contributed by atoms with Crippen LogP contribution in [-0.2, 0) is 4.74 Å². The Labute approximate surface area is 103 Å². The smallest absolute Gasteiger partial charge is 0.410 e. The first-order valence-corrected chi connectivity index (χ1v) is 6.36. The lowest BCUT2D eigenvalue weighted by atomic mass is 9.90. The number of rotatable bonds is 1. The van der Waals surface area contributed by atoms with Gasteiger partial charge in [-0.25, -0.2) is 4.79 Å². The average molecular weight is 240 g/mol. The minimum absolute atomic E-state index is 0.194. The number of ether oxygens (including phenoxy) is 1. The van der Waals surface area contributed by atoms with Crippen LogP contribution in [0.4, 0.5) is 4.79 Å². The van der Waals surface area contributed by atoms with Crippen molar-refractivity contribution in [1.82, 2.24) is 4.90 Å². The summed E-state index contributed by atoms with van der Waals surface area (Å²) in [5, 5.41) is 0. The highest BCUT2D eigenvalue weighted by molar-refractivity contribution is 5.69. The molecule has 0 bridgehead atoms. The van der Waals surface area contributed by atoms with Crippen LogP contribution >= 0.6 is 0 Å². The molecule has 2 N–H and O–H groups in total. The maximum Gasteiger partial charge on any atom is 0.410 e. The summed E-state index contributed by atoms with van der Waals surface area (Å²) < 4.78 is 5.32. The van der Waals surface area contributed by atoms with Gasteiger partial charge in [0.05, 0.1) is 0 Å². The number of amides is 1. The largest absolute Gasteiger partial charge is 0.444 e. The van der Waals surface area contributed by atoms with Gasteiger partial charge < -0.3 is 15.4 Å². The Bertz CT molecular complexity index is 327.